The zero-order chi connectivity index (χ0) is 22.9. The van der Waals surface area contributed by atoms with Crippen LogP contribution in [0.2, 0.25) is 5.02 Å². The molecule has 1 fully saturated rings. The summed E-state index contributed by atoms with van der Waals surface area (Å²) >= 11 is 7.46. The lowest BCUT2D eigenvalue weighted by atomic mass is 10.1. The average molecular weight is 495 g/mol. The molecule has 2 aromatic carbocycles. The molecule has 6 nitrogen and oxygen atoms in total. The zero-order valence-electron chi connectivity index (χ0n) is 17.7. The zero-order valence-corrected chi connectivity index (χ0v) is 20.1. The van der Waals surface area contributed by atoms with E-state index in [9.17, 15) is 8.42 Å². The molecule has 1 aliphatic heterocycles. The maximum atomic E-state index is 15.5. The fourth-order valence-corrected chi connectivity index (χ4v) is 6.14. The highest BCUT2D eigenvalue weighted by Crippen LogP contribution is 2.34. The van der Waals surface area contributed by atoms with Crippen LogP contribution >= 0.6 is 22.9 Å². The monoisotopic (exact) mass is 494 g/mol. The highest BCUT2D eigenvalue weighted by molar-refractivity contribution is 7.92. The first kappa shape index (κ1) is 23.0. The van der Waals surface area contributed by atoms with E-state index in [2.05, 4.69) is 33.7 Å². The number of benzene rings is 2. The Hall–Kier alpha value is -2.20. The van der Waals surface area contributed by atoms with E-state index in [-0.39, 0.29) is 28.6 Å². The molecule has 3 aromatic rings. The van der Waals surface area contributed by atoms with Gasteiger partial charge in [-0.15, -0.1) is 11.3 Å². The normalized spacial score (nSPS) is 19.2. The molecule has 0 saturated carbocycles. The van der Waals surface area contributed by atoms with Gasteiger partial charge in [0.25, 0.3) is 10.0 Å². The van der Waals surface area contributed by atoms with Gasteiger partial charge in [0.15, 0.2) is 11.6 Å². The van der Waals surface area contributed by atoms with E-state index < -0.39 is 20.7 Å². The van der Waals surface area contributed by atoms with Gasteiger partial charge >= 0.3 is 0 Å². The van der Waals surface area contributed by atoms with Crippen LogP contribution in [0.15, 0.2) is 58.3 Å². The summed E-state index contributed by atoms with van der Waals surface area (Å²) in [5, 5.41) is 1.69. The van der Waals surface area contributed by atoms with Crippen molar-refractivity contribution in [2.24, 2.45) is 0 Å². The summed E-state index contributed by atoms with van der Waals surface area (Å²) in [6.07, 6.45) is 0.829. The number of halogens is 2. The van der Waals surface area contributed by atoms with E-state index in [0.29, 0.717) is 0 Å². The molecule has 10 heteroatoms. The van der Waals surface area contributed by atoms with E-state index in [4.69, 9.17) is 11.6 Å². The number of nitrogens with one attached hydrogen (secondary N) is 1. The van der Waals surface area contributed by atoms with Crippen LogP contribution < -0.4 is 9.62 Å². The summed E-state index contributed by atoms with van der Waals surface area (Å²) in [6.45, 7) is 3.78. The van der Waals surface area contributed by atoms with Gasteiger partial charge in [-0.05, 0) is 31.0 Å². The van der Waals surface area contributed by atoms with E-state index in [0.717, 1.165) is 25.6 Å². The Bertz CT molecular complexity index is 1180. The van der Waals surface area contributed by atoms with Crippen LogP contribution in [0.1, 0.15) is 18.9 Å². The van der Waals surface area contributed by atoms with Gasteiger partial charge in [0.1, 0.15) is 4.90 Å². The molecule has 170 valence electrons. The molecule has 1 N–H and O–H groups in total. The highest BCUT2D eigenvalue weighted by Gasteiger charge is 2.35. The van der Waals surface area contributed by atoms with Crippen LogP contribution in [0.25, 0.3) is 0 Å². The third-order valence-electron chi connectivity index (χ3n) is 5.90. The lowest BCUT2D eigenvalue weighted by Crippen LogP contribution is -2.42. The smallest absolute Gasteiger partial charge is 0.266 e. The minimum atomic E-state index is -4.18. The molecular formula is C22H24ClFN4O2S2. The molecular weight excluding hydrogens is 471 g/mol. The first-order chi connectivity index (χ1) is 15.3. The van der Waals surface area contributed by atoms with Crippen molar-refractivity contribution >= 4 is 44.5 Å². The Morgan fingerprint density at radius 1 is 1.31 bits per heavy atom. The van der Waals surface area contributed by atoms with Gasteiger partial charge in [-0.25, -0.2) is 17.8 Å². The SMILES string of the molecule is C[C@@H]1[C@H](N(C)c2cc(Cl)cc(S(=O)(=O)Nc3cscn3)c2F)CCN1Cc1ccccc1. The van der Waals surface area contributed by atoms with E-state index in [1.165, 1.54) is 33.9 Å². The Morgan fingerprint density at radius 3 is 2.75 bits per heavy atom. The maximum Gasteiger partial charge on any atom is 0.266 e. The molecule has 2 atom stereocenters. The predicted molar refractivity (Wildman–Crippen MR) is 127 cm³/mol. The van der Waals surface area contributed by atoms with Gasteiger partial charge in [0.2, 0.25) is 0 Å². The number of thiazole rings is 1. The van der Waals surface area contributed by atoms with Crippen molar-refractivity contribution in [3.63, 3.8) is 0 Å². The first-order valence-corrected chi connectivity index (χ1v) is 13.0. The Morgan fingerprint density at radius 2 is 2.06 bits per heavy atom. The topological polar surface area (TPSA) is 65.5 Å². The molecule has 0 spiro atoms. The van der Waals surface area contributed by atoms with Gasteiger partial charge in [0, 0.05) is 42.6 Å². The third-order valence-corrected chi connectivity index (χ3v) is 8.06. The lowest BCUT2D eigenvalue weighted by Gasteiger charge is -2.33. The number of hydrogen-bond donors (Lipinski definition) is 1. The average Bonchev–Trinajstić information content (AvgIpc) is 3.39. The van der Waals surface area contributed by atoms with Gasteiger partial charge in [0.05, 0.1) is 11.2 Å². The van der Waals surface area contributed by atoms with Gasteiger partial charge in [-0.1, -0.05) is 41.9 Å². The van der Waals surface area contributed by atoms with Crippen LogP contribution in [-0.2, 0) is 16.6 Å². The van der Waals surface area contributed by atoms with Crippen molar-refractivity contribution in [3.05, 3.63) is 69.8 Å². The van der Waals surface area contributed by atoms with E-state index in [1.807, 2.05) is 18.2 Å². The second-order valence-electron chi connectivity index (χ2n) is 7.88. The fourth-order valence-electron chi connectivity index (χ4n) is 4.18. The Kier molecular flexibility index (Phi) is 6.71. The summed E-state index contributed by atoms with van der Waals surface area (Å²) in [6, 6.07) is 13.0. The molecule has 32 heavy (non-hydrogen) atoms. The molecule has 1 aromatic heterocycles. The van der Waals surface area contributed by atoms with Crippen molar-refractivity contribution in [1.82, 2.24) is 9.88 Å². The summed E-state index contributed by atoms with van der Waals surface area (Å²) in [5.41, 5.74) is 2.88. The molecule has 1 saturated heterocycles. The molecule has 4 rings (SSSR count). The first-order valence-electron chi connectivity index (χ1n) is 10.2. The quantitative estimate of drug-likeness (QED) is 0.509. The number of aromatic nitrogens is 1. The van der Waals surface area contributed by atoms with Gasteiger partial charge < -0.3 is 4.90 Å². The second-order valence-corrected chi connectivity index (χ2v) is 10.7. The molecule has 2 heterocycles. The van der Waals surface area contributed by atoms with Crippen molar-refractivity contribution in [1.29, 1.82) is 0 Å². The van der Waals surface area contributed by atoms with Crippen molar-refractivity contribution < 1.29 is 12.8 Å². The summed E-state index contributed by atoms with van der Waals surface area (Å²) in [4.78, 5) is 7.57. The summed E-state index contributed by atoms with van der Waals surface area (Å²) in [7, 11) is -2.40. The number of nitrogens with zero attached hydrogens (tertiary/aromatic N) is 3. The lowest BCUT2D eigenvalue weighted by molar-refractivity contribution is 0.250. The van der Waals surface area contributed by atoms with Crippen LogP contribution in [0.4, 0.5) is 15.9 Å². The molecule has 0 amide bonds. The van der Waals surface area contributed by atoms with Crippen LogP contribution in [0, 0.1) is 5.82 Å². The minimum Gasteiger partial charge on any atom is -0.368 e. The fraction of sp³-hybridized carbons (Fsp3) is 0.318. The Labute approximate surface area is 196 Å². The van der Waals surface area contributed by atoms with E-state index >= 15 is 4.39 Å². The molecule has 0 bridgehead atoms. The number of likely N-dealkylation sites (tertiary alicyclic amines) is 1. The second kappa shape index (κ2) is 9.35. The van der Waals surface area contributed by atoms with E-state index in [1.54, 1.807) is 11.9 Å². The molecule has 0 aliphatic carbocycles. The van der Waals surface area contributed by atoms with Crippen molar-refractivity contribution in [2.75, 3.05) is 23.2 Å². The number of anilines is 2. The highest BCUT2D eigenvalue weighted by atomic mass is 35.5. The minimum absolute atomic E-state index is 0.00809. The summed E-state index contributed by atoms with van der Waals surface area (Å²) < 4.78 is 43.4. The molecule has 1 aliphatic rings. The molecule has 0 radical (unpaired) electrons. The van der Waals surface area contributed by atoms with Crippen molar-refractivity contribution in [2.45, 2.75) is 36.9 Å². The molecule has 0 unspecified atom stereocenters. The maximum absolute atomic E-state index is 15.5. The van der Waals surface area contributed by atoms with Crippen LogP contribution in [0.5, 0.6) is 0 Å². The number of sulfonamides is 1. The van der Waals surface area contributed by atoms with Crippen molar-refractivity contribution in [3.8, 4) is 0 Å². The Balaban J connectivity index is 1.58. The number of rotatable bonds is 7. The summed E-state index contributed by atoms with van der Waals surface area (Å²) in [5.74, 6) is -0.682. The standard InChI is InChI=1S/C22H24ClFN4O2S2/c1-15-18(8-9-28(15)12-16-6-4-3-5-7-16)27(2)19-10-17(23)11-20(22(19)24)32(29,30)26-21-13-31-14-25-21/h3-7,10-11,13-15,18,26H,8-9,12H2,1-2H3/t15-,18-/m1/s1. The van der Waals surface area contributed by atoms with Crippen LogP contribution in [-0.4, -0.2) is 44.0 Å². The van der Waals surface area contributed by atoms with Gasteiger partial charge in [-0.3, -0.25) is 9.62 Å². The number of hydrogen-bond acceptors (Lipinski definition) is 6. The van der Waals surface area contributed by atoms with Crippen LogP contribution in [0.3, 0.4) is 0 Å². The third kappa shape index (κ3) is 4.76. The largest absolute Gasteiger partial charge is 0.368 e. The predicted octanol–water partition coefficient (Wildman–Crippen LogP) is 4.84. The number of likely N-dealkylation sites (N-methyl/N-ethyl adjacent to an activating group) is 1. The van der Waals surface area contributed by atoms with Gasteiger partial charge in [-0.2, -0.15) is 0 Å².